The van der Waals surface area contributed by atoms with E-state index in [1.807, 2.05) is 44.4 Å². The molecule has 1 heterocycles. The Bertz CT molecular complexity index is 548. The predicted molar refractivity (Wildman–Crippen MR) is 79.3 cm³/mol. The second-order valence-electron chi connectivity index (χ2n) is 4.86. The molecule has 0 saturated heterocycles. The first-order valence-corrected chi connectivity index (χ1v) is 6.84. The molecule has 5 nitrogen and oxygen atoms in total. The van der Waals surface area contributed by atoms with E-state index in [1.54, 1.807) is 4.68 Å². The summed E-state index contributed by atoms with van der Waals surface area (Å²) < 4.78 is 7.39. The zero-order valence-corrected chi connectivity index (χ0v) is 12.3. The van der Waals surface area contributed by atoms with Crippen LogP contribution in [0, 0.1) is 6.92 Å². The van der Waals surface area contributed by atoms with E-state index in [2.05, 4.69) is 17.4 Å². The van der Waals surface area contributed by atoms with Crippen molar-refractivity contribution in [2.75, 3.05) is 6.61 Å². The minimum atomic E-state index is -0.0658. The fourth-order valence-corrected chi connectivity index (χ4v) is 2.24. The van der Waals surface area contributed by atoms with Crippen LogP contribution >= 0.6 is 0 Å². The Morgan fingerprint density at radius 3 is 2.55 bits per heavy atom. The van der Waals surface area contributed by atoms with Gasteiger partial charge in [-0.05, 0) is 31.0 Å². The van der Waals surface area contributed by atoms with Crippen LogP contribution in [0.2, 0.25) is 0 Å². The van der Waals surface area contributed by atoms with Crippen LogP contribution in [0.4, 0.5) is 0 Å². The SMILES string of the molecule is CCCOc1ccc(C(NN)c2cn(C)nc2C)cc1. The van der Waals surface area contributed by atoms with Gasteiger partial charge in [-0.25, -0.2) is 5.43 Å². The molecule has 5 heteroatoms. The van der Waals surface area contributed by atoms with Crippen molar-refractivity contribution in [2.24, 2.45) is 12.9 Å². The summed E-state index contributed by atoms with van der Waals surface area (Å²) >= 11 is 0. The smallest absolute Gasteiger partial charge is 0.119 e. The van der Waals surface area contributed by atoms with E-state index in [4.69, 9.17) is 10.6 Å². The van der Waals surface area contributed by atoms with Gasteiger partial charge in [0.25, 0.3) is 0 Å². The van der Waals surface area contributed by atoms with Gasteiger partial charge >= 0.3 is 0 Å². The maximum Gasteiger partial charge on any atom is 0.119 e. The molecular formula is C15H22N4O. The molecule has 0 spiro atoms. The van der Waals surface area contributed by atoms with E-state index in [1.165, 1.54) is 0 Å². The summed E-state index contributed by atoms with van der Waals surface area (Å²) in [6, 6.07) is 7.94. The van der Waals surface area contributed by atoms with E-state index in [0.717, 1.165) is 35.6 Å². The first kappa shape index (κ1) is 14.6. The molecular weight excluding hydrogens is 252 g/mol. The number of hydrogen-bond donors (Lipinski definition) is 2. The highest BCUT2D eigenvalue weighted by Gasteiger charge is 2.17. The maximum absolute atomic E-state index is 5.71. The molecule has 0 fully saturated rings. The molecule has 3 N–H and O–H groups in total. The van der Waals surface area contributed by atoms with Gasteiger partial charge in [-0.1, -0.05) is 19.1 Å². The molecule has 0 amide bonds. The summed E-state index contributed by atoms with van der Waals surface area (Å²) in [7, 11) is 1.91. The molecule has 20 heavy (non-hydrogen) atoms. The Kier molecular flexibility index (Phi) is 4.76. The molecule has 108 valence electrons. The van der Waals surface area contributed by atoms with Crippen molar-refractivity contribution in [2.45, 2.75) is 26.3 Å². The molecule has 0 aliphatic carbocycles. The van der Waals surface area contributed by atoms with Crippen molar-refractivity contribution in [1.82, 2.24) is 15.2 Å². The van der Waals surface area contributed by atoms with Gasteiger partial charge in [0.1, 0.15) is 5.75 Å². The van der Waals surface area contributed by atoms with Gasteiger partial charge < -0.3 is 4.74 Å². The second-order valence-corrected chi connectivity index (χ2v) is 4.86. The number of benzene rings is 1. The average Bonchev–Trinajstić information content (AvgIpc) is 2.78. The Morgan fingerprint density at radius 2 is 2.05 bits per heavy atom. The van der Waals surface area contributed by atoms with Crippen molar-refractivity contribution in [3.05, 3.63) is 47.3 Å². The van der Waals surface area contributed by atoms with Gasteiger partial charge in [-0.3, -0.25) is 10.5 Å². The van der Waals surface area contributed by atoms with Gasteiger partial charge in [0.05, 0.1) is 18.3 Å². The van der Waals surface area contributed by atoms with E-state index in [9.17, 15) is 0 Å². The zero-order chi connectivity index (χ0) is 14.5. The van der Waals surface area contributed by atoms with Crippen LogP contribution in [-0.2, 0) is 7.05 Å². The number of hydrogen-bond acceptors (Lipinski definition) is 4. The minimum absolute atomic E-state index is 0.0658. The standard InChI is InChI=1S/C15H22N4O/c1-4-9-20-13-7-5-12(6-8-13)15(17-16)14-10-19(3)18-11(14)2/h5-8,10,15,17H,4,9,16H2,1-3H3. The van der Waals surface area contributed by atoms with Crippen LogP contribution in [-0.4, -0.2) is 16.4 Å². The number of rotatable bonds is 6. The number of nitrogens with two attached hydrogens (primary N) is 1. The molecule has 0 saturated carbocycles. The highest BCUT2D eigenvalue weighted by atomic mass is 16.5. The summed E-state index contributed by atoms with van der Waals surface area (Å²) in [5.41, 5.74) is 6.00. The molecule has 1 unspecified atom stereocenters. The molecule has 2 rings (SSSR count). The lowest BCUT2D eigenvalue weighted by Gasteiger charge is -2.16. The third kappa shape index (κ3) is 3.18. The van der Waals surface area contributed by atoms with Crippen LogP contribution in [0.3, 0.4) is 0 Å². The normalized spacial score (nSPS) is 12.4. The Balaban J connectivity index is 2.21. The van der Waals surface area contributed by atoms with Crippen LogP contribution < -0.4 is 16.0 Å². The molecule has 1 atom stereocenters. The van der Waals surface area contributed by atoms with Crippen molar-refractivity contribution in [3.8, 4) is 5.75 Å². The molecule has 0 bridgehead atoms. The van der Waals surface area contributed by atoms with Crippen LogP contribution in [0.1, 0.15) is 36.2 Å². The van der Waals surface area contributed by atoms with Crippen molar-refractivity contribution in [1.29, 1.82) is 0 Å². The molecule has 0 aliphatic heterocycles. The fourth-order valence-electron chi connectivity index (χ4n) is 2.24. The van der Waals surface area contributed by atoms with Gasteiger partial charge in [0.15, 0.2) is 0 Å². The lowest BCUT2D eigenvalue weighted by atomic mass is 10.00. The van der Waals surface area contributed by atoms with Crippen molar-refractivity contribution >= 4 is 0 Å². The number of nitrogens with zero attached hydrogens (tertiary/aromatic N) is 2. The molecule has 2 aromatic rings. The summed E-state index contributed by atoms with van der Waals surface area (Å²) in [5.74, 6) is 6.60. The topological polar surface area (TPSA) is 65.1 Å². The van der Waals surface area contributed by atoms with Crippen LogP contribution in [0.15, 0.2) is 30.5 Å². The summed E-state index contributed by atoms with van der Waals surface area (Å²) in [5, 5.41) is 4.36. The highest BCUT2D eigenvalue weighted by Crippen LogP contribution is 2.25. The third-order valence-electron chi connectivity index (χ3n) is 3.22. The van der Waals surface area contributed by atoms with E-state index in [0.29, 0.717) is 0 Å². The van der Waals surface area contributed by atoms with Crippen LogP contribution in [0.25, 0.3) is 0 Å². The first-order chi connectivity index (χ1) is 9.65. The summed E-state index contributed by atoms with van der Waals surface area (Å²) in [6.45, 7) is 4.81. The van der Waals surface area contributed by atoms with Crippen molar-refractivity contribution in [3.63, 3.8) is 0 Å². The number of aromatic nitrogens is 2. The second kappa shape index (κ2) is 6.54. The van der Waals surface area contributed by atoms with Gasteiger partial charge in [-0.2, -0.15) is 5.10 Å². The average molecular weight is 274 g/mol. The number of ether oxygens (including phenoxy) is 1. The lowest BCUT2D eigenvalue weighted by Crippen LogP contribution is -2.29. The largest absolute Gasteiger partial charge is 0.494 e. The molecule has 0 radical (unpaired) electrons. The van der Waals surface area contributed by atoms with Gasteiger partial charge in [-0.15, -0.1) is 0 Å². The first-order valence-electron chi connectivity index (χ1n) is 6.84. The third-order valence-corrected chi connectivity index (χ3v) is 3.22. The number of nitrogens with one attached hydrogen (secondary N) is 1. The number of hydrazine groups is 1. The van der Waals surface area contributed by atoms with E-state index in [-0.39, 0.29) is 6.04 Å². The molecule has 0 aliphatic rings. The fraction of sp³-hybridized carbons (Fsp3) is 0.400. The zero-order valence-electron chi connectivity index (χ0n) is 12.3. The summed E-state index contributed by atoms with van der Waals surface area (Å²) in [6.07, 6.45) is 2.99. The monoisotopic (exact) mass is 274 g/mol. The van der Waals surface area contributed by atoms with Crippen molar-refractivity contribution < 1.29 is 4.74 Å². The van der Waals surface area contributed by atoms with E-state index >= 15 is 0 Å². The minimum Gasteiger partial charge on any atom is -0.494 e. The highest BCUT2D eigenvalue weighted by molar-refractivity contribution is 5.36. The molecule has 1 aromatic carbocycles. The van der Waals surface area contributed by atoms with E-state index < -0.39 is 0 Å². The molecule has 1 aromatic heterocycles. The summed E-state index contributed by atoms with van der Waals surface area (Å²) in [4.78, 5) is 0. The Hall–Kier alpha value is -1.85. The van der Waals surface area contributed by atoms with Gasteiger partial charge in [0, 0.05) is 18.8 Å². The number of aryl methyl sites for hydroxylation is 2. The van der Waals surface area contributed by atoms with Gasteiger partial charge in [0.2, 0.25) is 0 Å². The lowest BCUT2D eigenvalue weighted by molar-refractivity contribution is 0.317. The Morgan fingerprint density at radius 1 is 1.35 bits per heavy atom. The maximum atomic E-state index is 5.71. The van der Waals surface area contributed by atoms with Crippen LogP contribution in [0.5, 0.6) is 5.75 Å². The quantitative estimate of drug-likeness (QED) is 0.625. The predicted octanol–water partition coefficient (Wildman–Crippen LogP) is 2.07. The Labute approximate surface area is 119 Å².